The third-order valence-corrected chi connectivity index (χ3v) is 3.85. The monoisotopic (exact) mass is 251 g/mol. The highest BCUT2D eigenvalue weighted by atomic mass is 16.4. The van der Waals surface area contributed by atoms with Gasteiger partial charge in [-0.1, -0.05) is 12.8 Å². The molecule has 0 aromatic carbocycles. The molecule has 2 unspecified atom stereocenters. The van der Waals surface area contributed by atoms with Crippen molar-refractivity contribution in [2.75, 3.05) is 6.54 Å². The fourth-order valence-corrected chi connectivity index (χ4v) is 2.73. The van der Waals surface area contributed by atoms with E-state index in [4.69, 9.17) is 9.52 Å². The van der Waals surface area contributed by atoms with Crippen molar-refractivity contribution in [1.29, 1.82) is 0 Å². The smallest absolute Gasteiger partial charge is 0.371 e. The molecule has 1 saturated heterocycles. The highest BCUT2D eigenvalue weighted by molar-refractivity contribution is 5.84. The van der Waals surface area contributed by atoms with Crippen LogP contribution >= 0.6 is 0 Å². The van der Waals surface area contributed by atoms with E-state index in [1.54, 1.807) is 6.07 Å². The van der Waals surface area contributed by atoms with Crippen LogP contribution in [-0.4, -0.2) is 28.6 Å². The second kappa shape index (κ2) is 5.57. The van der Waals surface area contributed by atoms with Crippen molar-refractivity contribution < 1.29 is 14.3 Å². The van der Waals surface area contributed by atoms with Gasteiger partial charge in [-0.15, -0.1) is 0 Å². The summed E-state index contributed by atoms with van der Waals surface area (Å²) in [6.45, 7) is 5.39. The summed E-state index contributed by atoms with van der Waals surface area (Å²) in [7, 11) is 0. The van der Waals surface area contributed by atoms with Crippen molar-refractivity contribution in [3.8, 4) is 0 Å². The maximum Gasteiger partial charge on any atom is 0.371 e. The predicted molar refractivity (Wildman–Crippen MR) is 68.7 cm³/mol. The molecule has 18 heavy (non-hydrogen) atoms. The molecule has 1 aliphatic heterocycles. The molecule has 0 spiro atoms. The zero-order valence-electron chi connectivity index (χ0n) is 11.1. The number of hydrogen-bond acceptors (Lipinski definition) is 3. The number of furan rings is 1. The summed E-state index contributed by atoms with van der Waals surface area (Å²) >= 11 is 0. The lowest BCUT2D eigenvalue weighted by molar-refractivity contribution is 0.0653. The van der Waals surface area contributed by atoms with Gasteiger partial charge in [0.1, 0.15) is 5.76 Å². The van der Waals surface area contributed by atoms with Gasteiger partial charge in [0, 0.05) is 6.04 Å². The first-order valence-corrected chi connectivity index (χ1v) is 6.68. The molecule has 1 N–H and O–H groups in total. The number of rotatable bonds is 3. The zero-order chi connectivity index (χ0) is 13.1. The largest absolute Gasteiger partial charge is 0.475 e. The Labute approximate surface area is 108 Å². The summed E-state index contributed by atoms with van der Waals surface area (Å²) in [5.41, 5.74) is 0. The molecule has 100 valence electrons. The maximum atomic E-state index is 10.8. The predicted octanol–water partition coefficient (Wildman–Crippen LogP) is 3.30. The molecule has 2 heterocycles. The Morgan fingerprint density at radius 3 is 2.89 bits per heavy atom. The highest BCUT2D eigenvalue weighted by Crippen LogP contribution is 2.28. The van der Waals surface area contributed by atoms with Crippen molar-refractivity contribution in [3.63, 3.8) is 0 Å². The van der Waals surface area contributed by atoms with Gasteiger partial charge in [-0.05, 0) is 45.4 Å². The molecule has 1 fully saturated rings. The Balaban J connectivity index is 2.12. The number of aromatic carboxylic acids is 1. The van der Waals surface area contributed by atoms with Crippen LogP contribution in [0.2, 0.25) is 0 Å². The first-order valence-electron chi connectivity index (χ1n) is 6.68. The molecule has 1 aromatic heterocycles. The zero-order valence-corrected chi connectivity index (χ0v) is 11.1. The van der Waals surface area contributed by atoms with E-state index in [2.05, 4.69) is 18.7 Å². The third kappa shape index (κ3) is 2.75. The summed E-state index contributed by atoms with van der Waals surface area (Å²) in [6.07, 6.45) is 4.98. The Bertz CT molecular complexity index is 413. The fraction of sp³-hybridized carbons (Fsp3) is 0.643. The molecule has 2 rings (SSSR count). The minimum atomic E-state index is -1.00. The average Bonchev–Trinajstić information content (AvgIpc) is 2.73. The summed E-state index contributed by atoms with van der Waals surface area (Å²) in [5, 5.41) is 8.88. The SMILES string of the molecule is CC1CCCCCN1C(C)c1ccc(C(=O)O)o1. The summed E-state index contributed by atoms with van der Waals surface area (Å²) in [5.74, 6) is -0.224. The van der Waals surface area contributed by atoms with Gasteiger partial charge in [0.15, 0.2) is 0 Å². The van der Waals surface area contributed by atoms with E-state index < -0.39 is 5.97 Å². The summed E-state index contributed by atoms with van der Waals surface area (Å²) in [6, 6.07) is 4.00. The normalized spacial score (nSPS) is 23.6. The van der Waals surface area contributed by atoms with Crippen LogP contribution in [0.5, 0.6) is 0 Å². The minimum absolute atomic E-state index is 0.0272. The minimum Gasteiger partial charge on any atom is -0.475 e. The van der Waals surface area contributed by atoms with Gasteiger partial charge in [-0.25, -0.2) is 4.79 Å². The topological polar surface area (TPSA) is 53.7 Å². The molecule has 1 aromatic rings. The summed E-state index contributed by atoms with van der Waals surface area (Å²) < 4.78 is 5.41. The van der Waals surface area contributed by atoms with Gasteiger partial charge < -0.3 is 9.52 Å². The Kier molecular flexibility index (Phi) is 4.07. The molecule has 0 saturated carbocycles. The number of nitrogens with zero attached hydrogens (tertiary/aromatic N) is 1. The maximum absolute atomic E-state index is 10.8. The van der Waals surface area contributed by atoms with Crippen LogP contribution in [0, 0.1) is 0 Å². The van der Waals surface area contributed by atoms with Crippen molar-refractivity contribution in [1.82, 2.24) is 4.90 Å². The van der Waals surface area contributed by atoms with E-state index in [0.29, 0.717) is 6.04 Å². The number of hydrogen-bond donors (Lipinski definition) is 1. The van der Waals surface area contributed by atoms with E-state index in [9.17, 15) is 4.79 Å². The van der Waals surface area contributed by atoms with Gasteiger partial charge >= 0.3 is 5.97 Å². The molecule has 0 amide bonds. The van der Waals surface area contributed by atoms with Gasteiger partial charge in [-0.3, -0.25) is 4.90 Å². The standard InChI is InChI=1S/C14H21NO3/c1-10-6-4-3-5-9-15(10)11(2)12-7-8-13(18-12)14(16)17/h7-8,10-11H,3-6,9H2,1-2H3,(H,16,17). The molecule has 0 bridgehead atoms. The van der Waals surface area contributed by atoms with Crippen LogP contribution in [0.25, 0.3) is 0 Å². The Morgan fingerprint density at radius 2 is 2.22 bits per heavy atom. The lowest BCUT2D eigenvalue weighted by Crippen LogP contribution is -2.34. The molecule has 4 heteroatoms. The van der Waals surface area contributed by atoms with Gasteiger partial charge in [-0.2, -0.15) is 0 Å². The molecular formula is C14H21NO3. The van der Waals surface area contributed by atoms with E-state index in [-0.39, 0.29) is 11.8 Å². The van der Waals surface area contributed by atoms with E-state index >= 15 is 0 Å². The van der Waals surface area contributed by atoms with Crippen LogP contribution < -0.4 is 0 Å². The summed E-state index contributed by atoms with van der Waals surface area (Å²) in [4.78, 5) is 13.2. The first kappa shape index (κ1) is 13.1. The van der Waals surface area contributed by atoms with Gasteiger partial charge in [0.2, 0.25) is 5.76 Å². The fourth-order valence-electron chi connectivity index (χ4n) is 2.73. The first-order chi connectivity index (χ1) is 8.59. The van der Waals surface area contributed by atoms with Crippen molar-refractivity contribution in [3.05, 3.63) is 23.7 Å². The van der Waals surface area contributed by atoms with Crippen LogP contribution in [0.4, 0.5) is 0 Å². The van der Waals surface area contributed by atoms with E-state index in [0.717, 1.165) is 12.3 Å². The number of carbonyl (C=O) groups is 1. The van der Waals surface area contributed by atoms with Crippen molar-refractivity contribution >= 4 is 5.97 Å². The lowest BCUT2D eigenvalue weighted by Gasteiger charge is -2.31. The van der Waals surface area contributed by atoms with Crippen LogP contribution in [-0.2, 0) is 0 Å². The quantitative estimate of drug-likeness (QED) is 0.895. The molecular weight excluding hydrogens is 230 g/mol. The van der Waals surface area contributed by atoms with Crippen molar-refractivity contribution in [2.45, 2.75) is 51.6 Å². The third-order valence-electron chi connectivity index (χ3n) is 3.85. The molecule has 0 radical (unpaired) electrons. The highest BCUT2D eigenvalue weighted by Gasteiger charge is 2.25. The van der Waals surface area contributed by atoms with Crippen molar-refractivity contribution in [2.24, 2.45) is 0 Å². The molecule has 1 aliphatic rings. The second-order valence-electron chi connectivity index (χ2n) is 5.12. The number of carboxylic acids is 1. The van der Waals surface area contributed by atoms with Gasteiger partial charge in [0.25, 0.3) is 0 Å². The Morgan fingerprint density at radius 1 is 1.44 bits per heavy atom. The lowest BCUT2D eigenvalue weighted by atomic mass is 10.1. The number of carboxylic acid groups (broad SMARTS) is 1. The number of likely N-dealkylation sites (tertiary alicyclic amines) is 1. The van der Waals surface area contributed by atoms with Gasteiger partial charge in [0.05, 0.1) is 6.04 Å². The van der Waals surface area contributed by atoms with Crippen LogP contribution in [0.1, 0.15) is 61.9 Å². The second-order valence-corrected chi connectivity index (χ2v) is 5.12. The molecule has 0 aliphatic carbocycles. The Hall–Kier alpha value is -1.29. The average molecular weight is 251 g/mol. The van der Waals surface area contributed by atoms with Crippen LogP contribution in [0.15, 0.2) is 16.5 Å². The van der Waals surface area contributed by atoms with E-state index in [1.807, 2.05) is 0 Å². The molecule has 2 atom stereocenters. The van der Waals surface area contributed by atoms with Crippen LogP contribution in [0.3, 0.4) is 0 Å². The van der Waals surface area contributed by atoms with E-state index in [1.165, 1.54) is 31.7 Å². The molecule has 4 nitrogen and oxygen atoms in total.